The Balaban J connectivity index is 1.20. The Morgan fingerprint density at radius 1 is 1.07 bits per heavy atom. The third-order valence-electron chi connectivity index (χ3n) is 7.36. The predicted molar refractivity (Wildman–Crippen MR) is 155 cm³/mol. The zero-order valence-corrected chi connectivity index (χ0v) is 23.0. The van der Waals surface area contributed by atoms with Crippen LogP contribution in [0.3, 0.4) is 0 Å². The van der Waals surface area contributed by atoms with E-state index in [0.29, 0.717) is 35.1 Å². The summed E-state index contributed by atoms with van der Waals surface area (Å²) < 4.78 is 40.8. The van der Waals surface area contributed by atoms with Gasteiger partial charge in [0.2, 0.25) is 0 Å². The van der Waals surface area contributed by atoms with E-state index in [1.165, 1.54) is 54.9 Å². The van der Waals surface area contributed by atoms with Crippen LogP contribution in [0.5, 0.6) is 11.5 Å². The number of anilines is 2. The molecule has 43 heavy (non-hydrogen) atoms. The average molecular weight is 588 g/mol. The van der Waals surface area contributed by atoms with Crippen molar-refractivity contribution in [3.05, 3.63) is 94.5 Å². The first kappa shape index (κ1) is 28.0. The number of pyridine rings is 1. The standard InChI is InChI=1S/C30H27F2N7O4/c1-42-16-17-3-2-4-23(17)36-28-26-25(12-13-33-27(26)37-38-28)43-24-10-7-19(15-22(24)32)35-29(40)21-11-14-34-39(30(21)41)20-8-5-18(31)6-9-20/h5-15,17,23H,2-4,16H2,1H3,(H,35,40)(H2,33,36,37,38)/t17-,23-/m1/s1. The van der Waals surface area contributed by atoms with Gasteiger partial charge in [0.1, 0.15) is 22.5 Å². The van der Waals surface area contributed by atoms with Gasteiger partial charge >= 0.3 is 0 Å². The largest absolute Gasteiger partial charge is 0.453 e. The third kappa shape index (κ3) is 5.79. The fourth-order valence-electron chi connectivity index (χ4n) is 5.26. The number of ether oxygens (including phenoxy) is 2. The van der Waals surface area contributed by atoms with Crippen molar-refractivity contribution in [2.45, 2.75) is 25.3 Å². The van der Waals surface area contributed by atoms with Gasteiger partial charge in [0, 0.05) is 49.3 Å². The molecule has 1 fully saturated rings. The molecule has 0 radical (unpaired) electrons. The van der Waals surface area contributed by atoms with Crippen molar-refractivity contribution in [3.63, 3.8) is 0 Å². The summed E-state index contributed by atoms with van der Waals surface area (Å²) in [6, 6.07) is 12.0. The van der Waals surface area contributed by atoms with E-state index in [2.05, 4.69) is 30.9 Å². The lowest BCUT2D eigenvalue weighted by Crippen LogP contribution is -2.29. The molecule has 0 aliphatic heterocycles. The number of benzene rings is 2. The van der Waals surface area contributed by atoms with E-state index in [1.54, 1.807) is 13.2 Å². The number of halogens is 2. The number of carbonyl (C=O) groups excluding carboxylic acids is 1. The zero-order chi connectivity index (χ0) is 29.9. The molecule has 0 bridgehead atoms. The highest BCUT2D eigenvalue weighted by atomic mass is 19.1. The van der Waals surface area contributed by atoms with Crippen molar-refractivity contribution in [1.82, 2.24) is 25.0 Å². The number of H-pyrrole nitrogens is 1. The number of nitrogens with one attached hydrogen (secondary N) is 3. The van der Waals surface area contributed by atoms with E-state index in [0.717, 1.165) is 30.0 Å². The summed E-state index contributed by atoms with van der Waals surface area (Å²) in [5.74, 6) is -0.824. The lowest BCUT2D eigenvalue weighted by molar-refractivity contribution is 0.102. The second-order valence-electron chi connectivity index (χ2n) is 10.1. The van der Waals surface area contributed by atoms with E-state index >= 15 is 4.39 Å². The van der Waals surface area contributed by atoms with Crippen molar-refractivity contribution in [2.75, 3.05) is 24.4 Å². The van der Waals surface area contributed by atoms with Gasteiger partial charge in [-0.05, 0) is 55.3 Å². The molecule has 3 heterocycles. The molecule has 3 N–H and O–H groups in total. The third-order valence-corrected chi connectivity index (χ3v) is 7.36. The summed E-state index contributed by atoms with van der Waals surface area (Å²) in [5, 5.41) is 17.8. The van der Waals surface area contributed by atoms with Crippen molar-refractivity contribution < 1.29 is 23.0 Å². The van der Waals surface area contributed by atoms with Crippen LogP contribution in [0.25, 0.3) is 16.7 Å². The maximum atomic E-state index is 15.2. The number of rotatable bonds is 9. The minimum Gasteiger partial charge on any atom is -0.453 e. The fraction of sp³-hybridized carbons (Fsp3) is 0.233. The number of fused-ring (bicyclic) bond motifs is 1. The molecule has 6 rings (SSSR count). The summed E-state index contributed by atoms with van der Waals surface area (Å²) in [4.78, 5) is 30.1. The molecule has 220 valence electrons. The van der Waals surface area contributed by atoms with E-state index in [4.69, 9.17) is 9.47 Å². The van der Waals surface area contributed by atoms with Gasteiger partial charge < -0.3 is 20.1 Å². The molecular formula is C30H27F2N7O4. The first-order chi connectivity index (χ1) is 20.9. The smallest absolute Gasteiger partial charge is 0.284 e. The van der Waals surface area contributed by atoms with Gasteiger partial charge in [-0.15, -0.1) is 0 Å². The van der Waals surface area contributed by atoms with Gasteiger partial charge in [-0.25, -0.2) is 13.8 Å². The topological polar surface area (TPSA) is 136 Å². The summed E-state index contributed by atoms with van der Waals surface area (Å²) in [5.41, 5.74) is -0.0731. The van der Waals surface area contributed by atoms with Crippen LogP contribution in [-0.4, -0.2) is 50.6 Å². The van der Waals surface area contributed by atoms with Crippen LogP contribution in [0.1, 0.15) is 29.6 Å². The Morgan fingerprint density at radius 2 is 1.91 bits per heavy atom. The van der Waals surface area contributed by atoms with Gasteiger partial charge in [-0.3, -0.25) is 14.7 Å². The minimum absolute atomic E-state index is 0.0849. The molecule has 1 aliphatic carbocycles. The molecule has 2 atom stereocenters. The van der Waals surface area contributed by atoms with Gasteiger partial charge in [-0.1, -0.05) is 6.42 Å². The maximum absolute atomic E-state index is 15.2. The minimum atomic E-state index is -0.764. The fourth-order valence-corrected chi connectivity index (χ4v) is 5.26. The summed E-state index contributed by atoms with van der Waals surface area (Å²) in [6.07, 6.45) is 5.91. The predicted octanol–water partition coefficient (Wildman–Crippen LogP) is 5.05. The number of methoxy groups -OCH3 is 1. The van der Waals surface area contributed by atoms with Crippen LogP contribution in [0.15, 0.2) is 71.8 Å². The maximum Gasteiger partial charge on any atom is 0.284 e. The van der Waals surface area contributed by atoms with Gasteiger partial charge in [0.15, 0.2) is 23.0 Å². The van der Waals surface area contributed by atoms with Crippen LogP contribution in [0.4, 0.5) is 20.3 Å². The van der Waals surface area contributed by atoms with Crippen LogP contribution in [0, 0.1) is 17.6 Å². The molecule has 0 saturated heterocycles. The van der Waals surface area contributed by atoms with Crippen LogP contribution < -0.4 is 20.9 Å². The Hall–Kier alpha value is -5.17. The Labute approximate surface area is 243 Å². The summed E-state index contributed by atoms with van der Waals surface area (Å²) in [6.45, 7) is 0.640. The van der Waals surface area contributed by atoms with Crippen molar-refractivity contribution >= 4 is 28.4 Å². The van der Waals surface area contributed by atoms with Gasteiger partial charge in [-0.2, -0.15) is 14.9 Å². The SMILES string of the molecule is COC[C@H]1CCC[C@H]1Nc1n[nH]c2nccc(Oc3ccc(NC(=O)c4ccnn(-c5ccc(F)cc5)c4=O)cc3F)c12. The first-order valence-electron chi connectivity index (χ1n) is 13.6. The Kier molecular flexibility index (Phi) is 7.79. The highest BCUT2D eigenvalue weighted by Crippen LogP contribution is 2.36. The number of aromatic amines is 1. The number of nitrogens with zero attached hydrogens (tertiary/aromatic N) is 4. The highest BCUT2D eigenvalue weighted by Gasteiger charge is 2.29. The molecule has 0 spiro atoms. The molecule has 1 amide bonds. The van der Waals surface area contributed by atoms with E-state index < -0.39 is 23.1 Å². The van der Waals surface area contributed by atoms with Crippen LogP contribution in [-0.2, 0) is 4.74 Å². The second-order valence-corrected chi connectivity index (χ2v) is 10.1. The number of carbonyl (C=O) groups is 1. The van der Waals surface area contributed by atoms with Gasteiger partial charge in [0.05, 0.1) is 12.3 Å². The van der Waals surface area contributed by atoms with E-state index in [9.17, 15) is 14.0 Å². The molecule has 3 aromatic heterocycles. The molecule has 11 nitrogen and oxygen atoms in total. The second kappa shape index (κ2) is 12.0. The number of hydrogen-bond acceptors (Lipinski definition) is 8. The highest BCUT2D eigenvalue weighted by molar-refractivity contribution is 6.04. The Morgan fingerprint density at radius 3 is 2.70 bits per heavy atom. The molecule has 2 aromatic carbocycles. The first-order valence-corrected chi connectivity index (χ1v) is 13.6. The lowest BCUT2D eigenvalue weighted by atomic mass is 10.1. The summed E-state index contributed by atoms with van der Waals surface area (Å²) >= 11 is 0. The van der Waals surface area contributed by atoms with Crippen molar-refractivity contribution in [3.8, 4) is 17.2 Å². The number of amides is 1. The monoisotopic (exact) mass is 587 g/mol. The van der Waals surface area contributed by atoms with Crippen LogP contribution >= 0.6 is 0 Å². The summed E-state index contributed by atoms with van der Waals surface area (Å²) in [7, 11) is 1.69. The quantitative estimate of drug-likeness (QED) is 0.218. The van der Waals surface area contributed by atoms with Crippen molar-refractivity contribution in [2.24, 2.45) is 5.92 Å². The number of hydrogen-bond donors (Lipinski definition) is 3. The molecule has 13 heteroatoms. The van der Waals surface area contributed by atoms with Crippen LogP contribution in [0.2, 0.25) is 0 Å². The zero-order valence-electron chi connectivity index (χ0n) is 23.0. The van der Waals surface area contributed by atoms with E-state index in [1.807, 2.05) is 0 Å². The molecule has 0 unspecified atom stereocenters. The molecule has 5 aromatic rings. The average Bonchev–Trinajstić information content (AvgIpc) is 3.63. The van der Waals surface area contributed by atoms with Crippen molar-refractivity contribution in [1.29, 1.82) is 0 Å². The van der Waals surface area contributed by atoms with Gasteiger partial charge in [0.25, 0.3) is 11.5 Å². The van der Waals surface area contributed by atoms with E-state index in [-0.39, 0.29) is 28.7 Å². The molecular weight excluding hydrogens is 560 g/mol. The normalized spacial score (nSPS) is 16.3. The molecule has 1 aliphatic rings. The molecule has 1 saturated carbocycles. The lowest BCUT2D eigenvalue weighted by Gasteiger charge is -2.20. The Bertz CT molecular complexity index is 1840. The number of aromatic nitrogens is 5.